The standard InChI is InChI=1S/C15H17N3O/c1-9-4-11(3)17-14(7-9)18-15(19)12-5-10(2)6-13(16)8-12/h4-8H,16H2,1-3H3,(H,17,18,19). The quantitative estimate of drug-likeness (QED) is 0.811. The number of anilines is 2. The maximum Gasteiger partial charge on any atom is 0.256 e. The monoisotopic (exact) mass is 255 g/mol. The molecule has 0 saturated heterocycles. The molecule has 0 bridgehead atoms. The van der Waals surface area contributed by atoms with Crippen LogP contribution in [0, 0.1) is 20.8 Å². The minimum atomic E-state index is -0.201. The summed E-state index contributed by atoms with van der Waals surface area (Å²) in [5.74, 6) is 0.357. The largest absolute Gasteiger partial charge is 0.399 e. The minimum Gasteiger partial charge on any atom is -0.399 e. The van der Waals surface area contributed by atoms with Crippen LogP contribution >= 0.6 is 0 Å². The number of nitrogens with zero attached hydrogens (tertiary/aromatic N) is 1. The molecule has 19 heavy (non-hydrogen) atoms. The van der Waals surface area contributed by atoms with E-state index in [1.807, 2.05) is 39.0 Å². The van der Waals surface area contributed by atoms with Crippen LogP contribution < -0.4 is 11.1 Å². The van der Waals surface area contributed by atoms with Crippen molar-refractivity contribution in [1.29, 1.82) is 0 Å². The van der Waals surface area contributed by atoms with E-state index in [1.54, 1.807) is 12.1 Å². The number of rotatable bonds is 2. The van der Waals surface area contributed by atoms with Crippen LogP contribution in [0.15, 0.2) is 30.3 Å². The Hall–Kier alpha value is -2.36. The molecule has 0 aliphatic rings. The number of aromatic nitrogens is 1. The normalized spacial score (nSPS) is 10.3. The summed E-state index contributed by atoms with van der Waals surface area (Å²) in [6.45, 7) is 5.77. The lowest BCUT2D eigenvalue weighted by Crippen LogP contribution is -2.14. The summed E-state index contributed by atoms with van der Waals surface area (Å²) in [4.78, 5) is 16.4. The van der Waals surface area contributed by atoms with Gasteiger partial charge in [0.2, 0.25) is 0 Å². The zero-order chi connectivity index (χ0) is 14.0. The maximum atomic E-state index is 12.1. The van der Waals surface area contributed by atoms with E-state index >= 15 is 0 Å². The van der Waals surface area contributed by atoms with Gasteiger partial charge in [-0.25, -0.2) is 4.98 Å². The van der Waals surface area contributed by atoms with Crippen LogP contribution in [-0.2, 0) is 0 Å². The van der Waals surface area contributed by atoms with Gasteiger partial charge in [0.05, 0.1) is 0 Å². The molecule has 1 aromatic heterocycles. The molecule has 0 unspecified atom stereocenters. The first-order valence-corrected chi connectivity index (χ1v) is 6.08. The predicted molar refractivity (Wildman–Crippen MR) is 77.3 cm³/mol. The third-order valence-electron chi connectivity index (χ3n) is 2.70. The number of benzene rings is 1. The average molecular weight is 255 g/mol. The van der Waals surface area contributed by atoms with E-state index in [1.165, 1.54) is 0 Å². The third kappa shape index (κ3) is 3.31. The van der Waals surface area contributed by atoms with Crippen LogP contribution in [0.3, 0.4) is 0 Å². The van der Waals surface area contributed by atoms with E-state index in [2.05, 4.69) is 10.3 Å². The fourth-order valence-corrected chi connectivity index (χ4v) is 2.04. The highest BCUT2D eigenvalue weighted by Crippen LogP contribution is 2.14. The van der Waals surface area contributed by atoms with E-state index < -0.39 is 0 Å². The summed E-state index contributed by atoms with van der Waals surface area (Å²) in [5.41, 5.74) is 9.76. The second-order valence-electron chi connectivity index (χ2n) is 4.76. The van der Waals surface area contributed by atoms with E-state index in [-0.39, 0.29) is 5.91 Å². The van der Waals surface area contributed by atoms with Crippen LogP contribution in [0.25, 0.3) is 0 Å². The van der Waals surface area contributed by atoms with Crippen molar-refractivity contribution in [3.63, 3.8) is 0 Å². The van der Waals surface area contributed by atoms with E-state index in [9.17, 15) is 4.79 Å². The van der Waals surface area contributed by atoms with Gasteiger partial charge in [0, 0.05) is 16.9 Å². The number of amides is 1. The van der Waals surface area contributed by atoms with Crippen molar-refractivity contribution in [3.8, 4) is 0 Å². The van der Waals surface area contributed by atoms with Crippen LogP contribution in [0.4, 0.5) is 11.5 Å². The van der Waals surface area contributed by atoms with Crippen LogP contribution in [0.1, 0.15) is 27.2 Å². The molecule has 0 aliphatic heterocycles. The van der Waals surface area contributed by atoms with Gasteiger partial charge in [0.15, 0.2) is 0 Å². The zero-order valence-electron chi connectivity index (χ0n) is 11.3. The maximum absolute atomic E-state index is 12.1. The summed E-state index contributed by atoms with van der Waals surface area (Å²) in [6, 6.07) is 9.08. The van der Waals surface area contributed by atoms with Crippen molar-refractivity contribution < 1.29 is 4.79 Å². The Labute approximate surface area is 112 Å². The van der Waals surface area contributed by atoms with Gasteiger partial charge in [-0.3, -0.25) is 4.79 Å². The highest BCUT2D eigenvalue weighted by molar-refractivity contribution is 6.04. The van der Waals surface area contributed by atoms with Crippen molar-refractivity contribution in [1.82, 2.24) is 4.98 Å². The lowest BCUT2D eigenvalue weighted by molar-refractivity contribution is 0.102. The molecule has 0 aliphatic carbocycles. The summed E-state index contributed by atoms with van der Waals surface area (Å²) < 4.78 is 0. The van der Waals surface area contributed by atoms with Crippen molar-refractivity contribution in [2.24, 2.45) is 0 Å². The number of nitrogens with two attached hydrogens (primary N) is 1. The van der Waals surface area contributed by atoms with E-state index in [4.69, 9.17) is 5.73 Å². The molecule has 2 rings (SSSR count). The lowest BCUT2D eigenvalue weighted by atomic mass is 10.1. The highest BCUT2D eigenvalue weighted by Gasteiger charge is 2.08. The molecule has 0 saturated carbocycles. The summed E-state index contributed by atoms with van der Waals surface area (Å²) in [5, 5.41) is 2.79. The molecule has 0 radical (unpaired) electrons. The summed E-state index contributed by atoms with van der Waals surface area (Å²) in [6.07, 6.45) is 0. The molecular formula is C15H17N3O. The van der Waals surface area contributed by atoms with Gasteiger partial charge in [-0.2, -0.15) is 0 Å². The van der Waals surface area contributed by atoms with Crippen molar-refractivity contribution >= 4 is 17.4 Å². The average Bonchev–Trinajstić information content (AvgIpc) is 2.25. The fraction of sp³-hybridized carbons (Fsp3) is 0.200. The number of nitrogen functional groups attached to an aromatic ring is 1. The molecule has 1 heterocycles. The Balaban J connectivity index is 2.25. The van der Waals surface area contributed by atoms with Crippen molar-refractivity contribution in [2.75, 3.05) is 11.1 Å². The number of aryl methyl sites for hydroxylation is 3. The number of nitrogens with one attached hydrogen (secondary N) is 1. The third-order valence-corrected chi connectivity index (χ3v) is 2.70. The van der Waals surface area contributed by atoms with Gasteiger partial charge in [-0.1, -0.05) is 0 Å². The second kappa shape index (κ2) is 5.10. The van der Waals surface area contributed by atoms with Crippen LogP contribution in [-0.4, -0.2) is 10.9 Å². The van der Waals surface area contributed by atoms with Crippen LogP contribution in [0.2, 0.25) is 0 Å². The van der Waals surface area contributed by atoms with Gasteiger partial charge in [-0.05, 0) is 62.2 Å². The summed E-state index contributed by atoms with van der Waals surface area (Å²) >= 11 is 0. The Bertz CT molecular complexity index is 595. The van der Waals surface area contributed by atoms with E-state index in [0.717, 1.165) is 16.8 Å². The molecule has 0 spiro atoms. The van der Waals surface area contributed by atoms with Gasteiger partial charge in [0.25, 0.3) is 5.91 Å². The minimum absolute atomic E-state index is 0.201. The topological polar surface area (TPSA) is 68.0 Å². The summed E-state index contributed by atoms with van der Waals surface area (Å²) in [7, 11) is 0. The first kappa shape index (κ1) is 13.1. The Morgan fingerprint density at radius 3 is 2.37 bits per heavy atom. The first-order valence-electron chi connectivity index (χ1n) is 6.08. The molecule has 2 aromatic rings. The zero-order valence-corrected chi connectivity index (χ0v) is 11.3. The molecule has 0 atom stereocenters. The van der Waals surface area contributed by atoms with Crippen LogP contribution in [0.5, 0.6) is 0 Å². The molecular weight excluding hydrogens is 238 g/mol. The van der Waals surface area contributed by atoms with Gasteiger partial charge < -0.3 is 11.1 Å². The Morgan fingerprint density at radius 2 is 1.74 bits per heavy atom. The molecule has 1 amide bonds. The molecule has 0 fully saturated rings. The fourth-order valence-electron chi connectivity index (χ4n) is 2.04. The molecule has 1 aromatic carbocycles. The lowest BCUT2D eigenvalue weighted by Gasteiger charge is -2.08. The first-order chi connectivity index (χ1) is 8.94. The molecule has 3 N–H and O–H groups in total. The smallest absolute Gasteiger partial charge is 0.256 e. The van der Waals surface area contributed by atoms with Gasteiger partial charge >= 0.3 is 0 Å². The molecule has 98 valence electrons. The van der Waals surface area contributed by atoms with Gasteiger partial charge in [0.1, 0.15) is 5.82 Å². The Kier molecular flexibility index (Phi) is 3.51. The second-order valence-corrected chi connectivity index (χ2v) is 4.76. The number of hydrogen-bond acceptors (Lipinski definition) is 3. The number of carbonyl (C=O) groups excluding carboxylic acids is 1. The highest BCUT2D eigenvalue weighted by atomic mass is 16.1. The Morgan fingerprint density at radius 1 is 1.05 bits per heavy atom. The van der Waals surface area contributed by atoms with Crippen molar-refractivity contribution in [2.45, 2.75) is 20.8 Å². The number of hydrogen-bond donors (Lipinski definition) is 2. The number of carbonyl (C=O) groups is 1. The van der Waals surface area contributed by atoms with E-state index in [0.29, 0.717) is 17.1 Å². The van der Waals surface area contributed by atoms with Crippen molar-refractivity contribution in [3.05, 3.63) is 52.7 Å². The SMILES string of the molecule is Cc1cc(N)cc(C(=O)Nc2cc(C)cc(C)n2)c1. The molecule has 4 nitrogen and oxygen atoms in total. The molecule has 4 heteroatoms. The predicted octanol–water partition coefficient (Wildman–Crippen LogP) is 2.84. The van der Waals surface area contributed by atoms with Gasteiger partial charge in [-0.15, -0.1) is 0 Å². The number of pyridine rings is 1.